The van der Waals surface area contributed by atoms with Gasteiger partial charge >= 0.3 is 7.48 Å². The first-order valence-corrected chi connectivity index (χ1v) is 11.7. The number of fused-ring (bicyclic) bond motifs is 1. The van der Waals surface area contributed by atoms with Crippen LogP contribution < -0.4 is 10.8 Å². The third-order valence-corrected chi connectivity index (χ3v) is 6.54. The Kier molecular flexibility index (Phi) is 6.55. The summed E-state index contributed by atoms with van der Waals surface area (Å²) in [6.07, 6.45) is 1.61. The maximum atomic E-state index is 10.5. The fourth-order valence-electron chi connectivity index (χ4n) is 3.81. The van der Waals surface area contributed by atoms with Crippen LogP contribution in [0, 0.1) is 0 Å². The monoisotopic (exact) mass is 442 g/mol. The van der Waals surface area contributed by atoms with E-state index >= 15 is 0 Å². The van der Waals surface area contributed by atoms with Gasteiger partial charge in [0.15, 0.2) is 6.23 Å². The molecule has 0 spiro atoms. The van der Waals surface area contributed by atoms with Crippen LogP contribution in [0.2, 0.25) is 0 Å². The Balaban J connectivity index is 1.70. The van der Waals surface area contributed by atoms with Crippen LogP contribution >= 0.6 is 0 Å². The number of aliphatic hydroxyl groups is 1. The Bertz CT molecular complexity index is 1150. The van der Waals surface area contributed by atoms with Crippen LogP contribution in [0.15, 0.2) is 72.4 Å². The molecule has 0 aromatic heterocycles. The molecule has 0 bridgehead atoms. The smallest absolute Gasteiger partial charge is 0.331 e. The summed E-state index contributed by atoms with van der Waals surface area (Å²) in [6.45, 7) is 9.48. The van der Waals surface area contributed by atoms with Crippen molar-refractivity contribution < 1.29 is 14.5 Å². The molecule has 3 aromatic carbocycles. The van der Waals surface area contributed by atoms with Crippen LogP contribution in [0.3, 0.4) is 0 Å². The first-order valence-electron chi connectivity index (χ1n) is 11.7. The van der Waals surface area contributed by atoms with Crippen molar-refractivity contribution in [2.75, 3.05) is 0 Å². The molecule has 1 aliphatic heterocycles. The molecule has 1 heterocycles. The largest absolute Gasteiger partial charge is 0.464 e. The Hall–Kier alpha value is -2.76. The minimum absolute atomic E-state index is 0.327. The number of hydrogen-bond acceptors (Lipinski definition) is 4. The Labute approximate surface area is 197 Å². The van der Waals surface area contributed by atoms with Crippen molar-refractivity contribution in [2.45, 2.75) is 64.9 Å². The molecular formula is C28H33BNO3. The van der Waals surface area contributed by atoms with Gasteiger partial charge in [-0.15, -0.1) is 0 Å². The molecule has 1 radical (unpaired) electrons. The van der Waals surface area contributed by atoms with Crippen LogP contribution in [0.1, 0.15) is 64.8 Å². The first-order chi connectivity index (χ1) is 15.7. The van der Waals surface area contributed by atoms with Crippen LogP contribution in [-0.4, -0.2) is 23.8 Å². The average Bonchev–Trinajstić information content (AvgIpc) is 3.21. The molecule has 0 saturated carbocycles. The molecule has 1 atom stereocenters. The molecule has 2 N–H and O–H groups in total. The number of hydrogen-bond donors (Lipinski definition) is 2. The van der Waals surface area contributed by atoms with Crippen molar-refractivity contribution in [2.24, 2.45) is 0 Å². The zero-order valence-electron chi connectivity index (χ0n) is 20.2. The SMILES string of the molecule is CCCC1=C(c2ccccc2)OC(c2cc3ccccc3cc2[B]OC(C)(C)C(C)(C)O)N1. The molecule has 1 unspecified atom stereocenters. The minimum Gasteiger partial charge on any atom is -0.464 e. The van der Waals surface area contributed by atoms with E-state index in [1.165, 1.54) is 0 Å². The Morgan fingerprint density at radius 3 is 2.24 bits per heavy atom. The van der Waals surface area contributed by atoms with Gasteiger partial charge in [-0.2, -0.15) is 0 Å². The lowest BCUT2D eigenvalue weighted by Gasteiger charge is -2.37. The van der Waals surface area contributed by atoms with Crippen LogP contribution in [0.4, 0.5) is 0 Å². The summed E-state index contributed by atoms with van der Waals surface area (Å²) in [4.78, 5) is 0. The number of rotatable bonds is 8. The van der Waals surface area contributed by atoms with E-state index in [-0.39, 0.29) is 6.23 Å². The second-order valence-corrected chi connectivity index (χ2v) is 9.70. The summed E-state index contributed by atoms with van der Waals surface area (Å²) in [5.41, 5.74) is 2.35. The first kappa shape index (κ1) is 23.4. The highest BCUT2D eigenvalue weighted by molar-refractivity contribution is 6.48. The number of ether oxygens (including phenoxy) is 1. The number of allylic oxidation sites excluding steroid dienone is 1. The van der Waals surface area contributed by atoms with Crippen molar-refractivity contribution in [3.63, 3.8) is 0 Å². The van der Waals surface area contributed by atoms with Gasteiger partial charge in [-0.3, -0.25) is 0 Å². The lowest BCUT2D eigenvalue weighted by atomic mass is 9.79. The lowest BCUT2D eigenvalue weighted by molar-refractivity contribution is -0.0893. The highest BCUT2D eigenvalue weighted by Crippen LogP contribution is 2.35. The quantitative estimate of drug-likeness (QED) is 0.457. The van der Waals surface area contributed by atoms with E-state index in [1.54, 1.807) is 21.3 Å². The molecule has 171 valence electrons. The van der Waals surface area contributed by atoms with Gasteiger partial charge in [0.2, 0.25) is 0 Å². The van der Waals surface area contributed by atoms with E-state index in [0.29, 0.717) is 0 Å². The molecule has 0 aliphatic carbocycles. The lowest BCUT2D eigenvalue weighted by Crippen LogP contribution is -2.49. The molecule has 1 aliphatic rings. The van der Waals surface area contributed by atoms with Gasteiger partial charge in [0.1, 0.15) is 5.76 Å². The van der Waals surface area contributed by atoms with E-state index in [9.17, 15) is 5.11 Å². The maximum absolute atomic E-state index is 10.5. The van der Waals surface area contributed by atoms with Gasteiger partial charge in [-0.25, -0.2) is 0 Å². The predicted molar refractivity (Wildman–Crippen MR) is 136 cm³/mol. The van der Waals surface area contributed by atoms with Crippen LogP contribution in [0.5, 0.6) is 0 Å². The summed E-state index contributed by atoms with van der Waals surface area (Å²) in [6, 6.07) is 22.8. The van der Waals surface area contributed by atoms with Gasteiger partial charge in [0, 0.05) is 11.1 Å². The topological polar surface area (TPSA) is 50.7 Å². The van der Waals surface area contributed by atoms with E-state index in [0.717, 1.165) is 51.7 Å². The molecule has 5 heteroatoms. The fraction of sp³-hybridized carbons (Fsp3) is 0.357. The van der Waals surface area contributed by atoms with E-state index in [4.69, 9.17) is 9.39 Å². The fourth-order valence-corrected chi connectivity index (χ4v) is 3.81. The van der Waals surface area contributed by atoms with E-state index in [2.05, 4.69) is 48.6 Å². The second kappa shape index (κ2) is 9.24. The van der Waals surface area contributed by atoms with E-state index < -0.39 is 11.2 Å². The van der Waals surface area contributed by atoms with Gasteiger partial charge < -0.3 is 19.8 Å². The van der Waals surface area contributed by atoms with Crippen molar-refractivity contribution in [3.05, 3.63) is 83.6 Å². The summed E-state index contributed by atoms with van der Waals surface area (Å²) in [5.74, 6) is 0.902. The van der Waals surface area contributed by atoms with Gasteiger partial charge in [-0.1, -0.05) is 74.0 Å². The van der Waals surface area contributed by atoms with Gasteiger partial charge in [0.25, 0.3) is 0 Å². The third kappa shape index (κ3) is 4.95. The molecular weight excluding hydrogens is 409 g/mol. The molecule has 4 nitrogen and oxygen atoms in total. The van der Waals surface area contributed by atoms with Crippen molar-refractivity contribution >= 4 is 29.5 Å². The standard InChI is InChI=1S/C28H33BNO3/c1-6-12-24-25(19-13-8-7-9-14-19)32-26(30-24)22-17-20-15-10-11-16-21(20)18-23(22)29-33-28(4,5)27(2,3)31/h7-11,13-18,26,30-31H,6,12H2,1-5H3. The summed E-state index contributed by atoms with van der Waals surface area (Å²) in [5, 5.41) is 16.4. The minimum atomic E-state index is -1.00. The van der Waals surface area contributed by atoms with Crippen LogP contribution in [0.25, 0.3) is 16.5 Å². The van der Waals surface area contributed by atoms with Crippen LogP contribution in [-0.2, 0) is 9.39 Å². The van der Waals surface area contributed by atoms with Crippen molar-refractivity contribution in [1.82, 2.24) is 5.32 Å². The number of benzene rings is 3. The normalized spacial score (nSPS) is 16.6. The molecule has 33 heavy (non-hydrogen) atoms. The highest BCUT2D eigenvalue weighted by atomic mass is 16.5. The third-order valence-electron chi connectivity index (χ3n) is 6.54. The van der Waals surface area contributed by atoms with Crippen molar-refractivity contribution in [1.29, 1.82) is 0 Å². The molecule has 0 amide bonds. The Morgan fingerprint density at radius 1 is 0.970 bits per heavy atom. The zero-order valence-corrected chi connectivity index (χ0v) is 20.2. The molecule has 0 fully saturated rings. The van der Waals surface area contributed by atoms with E-state index in [1.807, 2.05) is 44.2 Å². The number of nitrogens with one attached hydrogen (secondary N) is 1. The van der Waals surface area contributed by atoms with Gasteiger partial charge in [-0.05, 0) is 56.4 Å². The molecule has 4 rings (SSSR count). The summed E-state index contributed by atoms with van der Waals surface area (Å²) in [7, 11) is 1.75. The second-order valence-electron chi connectivity index (χ2n) is 9.70. The van der Waals surface area contributed by atoms with Gasteiger partial charge in [0.05, 0.1) is 16.9 Å². The summed E-state index contributed by atoms with van der Waals surface area (Å²) < 4.78 is 12.7. The average molecular weight is 442 g/mol. The summed E-state index contributed by atoms with van der Waals surface area (Å²) >= 11 is 0. The Morgan fingerprint density at radius 2 is 1.61 bits per heavy atom. The highest BCUT2D eigenvalue weighted by Gasteiger charge is 2.36. The molecule has 3 aromatic rings. The zero-order chi connectivity index (χ0) is 23.6. The maximum Gasteiger partial charge on any atom is 0.331 e. The predicted octanol–water partition coefficient (Wildman–Crippen LogP) is 5.44. The van der Waals surface area contributed by atoms with Crippen molar-refractivity contribution in [3.8, 4) is 0 Å². The molecule has 0 saturated heterocycles.